The molecule has 13 heteroatoms. The van der Waals surface area contributed by atoms with Crippen LogP contribution in [0.5, 0.6) is 0 Å². The number of hydrogen-bond acceptors (Lipinski definition) is 8. The van der Waals surface area contributed by atoms with Gasteiger partial charge in [-0.1, -0.05) is 85.2 Å². The number of nitrogens with one attached hydrogen (secondary N) is 4. The molecule has 0 bridgehead atoms. The van der Waals surface area contributed by atoms with Crippen molar-refractivity contribution < 1.29 is 33.8 Å². The van der Waals surface area contributed by atoms with Crippen molar-refractivity contribution in [3.63, 3.8) is 0 Å². The van der Waals surface area contributed by atoms with Crippen LogP contribution < -0.4 is 21.3 Å². The van der Waals surface area contributed by atoms with Gasteiger partial charge in [0.1, 0.15) is 12.1 Å². The largest absolute Gasteiger partial charge is 0.390 e. The predicted molar refractivity (Wildman–Crippen MR) is 216 cm³/mol. The Kier molecular flexibility index (Phi) is 18.8. The molecular weight excluding hydrogens is 700 g/mol. The van der Waals surface area contributed by atoms with Gasteiger partial charge in [0.15, 0.2) is 0 Å². The fourth-order valence-electron chi connectivity index (χ4n) is 7.53. The van der Waals surface area contributed by atoms with E-state index >= 15 is 0 Å². The first kappa shape index (κ1) is 47.6. The van der Waals surface area contributed by atoms with E-state index in [0.29, 0.717) is 25.8 Å². The highest BCUT2D eigenvalue weighted by molar-refractivity contribution is 5.91. The average molecular weight is 773 g/mol. The summed E-state index contributed by atoms with van der Waals surface area (Å²) in [5, 5.41) is 23.5. The lowest BCUT2D eigenvalue weighted by atomic mass is 9.89. The number of methoxy groups -OCH3 is 1. The SMILES string of the molecule is CC[C@H](C)[C@@H]([C@@H](CC(=O)N1CCC[C@H]1[C@H](O)[C@@H](C)C(=O)N[C@@H](Cc1ccccc1)C(=O)NC(C)(C)C)OC)N(C)C(=O)[C@@H](NC(=O)[C@@H](NC)C(C)C)C(C)C. The molecule has 1 aromatic carbocycles. The molecule has 2 rings (SSSR count). The van der Waals surface area contributed by atoms with Crippen LogP contribution in [0.2, 0.25) is 0 Å². The predicted octanol–water partition coefficient (Wildman–Crippen LogP) is 3.28. The molecule has 1 heterocycles. The van der Waals surface area contributed by atoms with Crippen LogP contribution in [-0.4, -0.2) is 120 Å². The van der Waals surface area contributed by atoms with Crippen LogP contribution in [0.3, 0.4) is 0 Å². The van der Waals surface area contributed by atoms with Crippen molar-refractivity contribution in [3.05, 3.63) is 35.9 Å². The quantitative estimate of drug-likeness (QED) is 0.135. The van der Waals surface area contributed by atoms with Gasteiger partial charge in [0.25, 0.3) is 0 Å². The van der Waals surface area contributed by atoms with E-state index in [2.05, 4.69) is 21.3 Å². The number of rotatable bonds is 20. The molecule has 1 aliphatic rings. The normalized spacial score (nSPS) is 19.1. The van der Waals surface area contributed by atoms with Gasteiger partial charge in [-0.2, -0.15) is 0 Å². The molecule has 5 amide bonds. The second-order valence-corrected chi connectivity index (χ2v) is 17.1. The minimum Gasteiger partial charge on any atom is -0.390 e. The van der Waals surface area contributed by atoms with Crippen molar-refractivity contribution in [2.24, 2.45) is 23.7 Å². The number of carbonyl (C=O) groups is 5. The van der Waals surface area contributed by atoms with Gasteiger partial charge in [-0.15, -0.1) is 0 Å². The summed E-state index contributed by atoms with van der Waals surface area (Å²) in [6, 6.07) is 6.19. The molecule has 0 saturated carbocycles. The third kappa shape index (κ3) is 13.6. The molecular formula is C42H72N6O7. The topological polar surface area (TPSA) is 169 Å². The molecule has 13 nitrogen and oxygen atoms in total. The Morgan fingerprint density at radius 2 is 1.53 bits per heavy atom. The summed E-state index contributed by atoms with van der Waals surface area (Å²) in [7, 11) is 4.95. The van der Waals surface area contributed by atoms with E-state index in [0.717, 1.165) is 5.56 Å². The molecule has 0 aliphatic carbocycles. The summed E-state index contributed by atoms with van der Waals surface area (Å²) < 4.78 is 5.97. The fourth-order valence-corrected chi connectivity index (χ4v) is 7.53. The molecule has 1 aromatic rings. The fraction of sp³-hybridized carbons (Fsp3) is 0.738. The Labute approximate surface area is 330 Å². The van der Waals surface area contributed by atoms with Gasteiger partial charge in [0.05, 0.1) is 42.7 Å². The number of nitrogens with zero attached hydrogens (tertiary/aromatic N) is 2. The van der Waals surface area contributed by atoms with Gasteiger partial charge in [0, 0.05) is 32.7 Å². The lowest BCUT2D eigenvalue weighted by Gasteiger charge is -2.40. The first-order chi connectivity index (χ1) is 25.7. The zero-order valence-corrected chi connectivity index (χ0v) is 35.8. The Hall–Kier alpha value is -3.55. The van der Waals surface area contributed by atoms with Gasteiger partial charge >= 0.3 is 0 Å². The lowest BCUT2D eigenvalue weighted by Crippen LogP contribution is -2.59. The number of amides is 5. The molecule has 55 heavy (non-hydrogen) atoms. The lowest BCUT2D eigenvalue weighted by molar-refractivity contribution is -0.147. The summed E-state index contributed by atoms with van der Waals surface area (Å²) in [5.41, 5.74) is 0.365. The monoisotopic (exact) mass is 773 g/mol. The number of likely N-dealkylation sites (N-methyl/N-ethyl adjacent to an activating group) is 2. The number of aliphatic hydroxyl groups is 1. The molecule has 312 valence electrons. The summed E-state index contributed by atoms with van der Waals surface area (Å²) in [6.07, 6.45) is 0.224. The smallest absolute Gasteiger partial charge is 0.245 e. The van der Waals surface area contributed by atoms with Crippen molar-refractivity contribution in [2.75, 3.05) is 27.7 Å². The maximum absolute atomic E-state index is 14.1. The van der Waals surface area contributed by atoms with E-state index in [-0.39, 0.29) is 54.2 Å². The molecule has 9 atom stereocenters. The van der Waals surface area contributed by atoms with E-state index in [4.69, 9.17) is 4.74 Å². The first-order valence-corrected chi connectivity index (χ1v) is 20.1. The van der Waals surface area contributed by atoms with E-state index in [1.54, 1.807) is 30.8 Å². The van der Waals surface area contributed by atoms with E-state index in [1.165, 1.54) is 7.11 Å². The molecule has 0 spiro atoms. The van der Waals surface area contributed by atoms with Crippen molar-refractivity contribution >= 4 is 29.5 Å². The van der Waals surface area contributed by atoms with Gasteiger partial charge in [-0.25, -0.2) is 0 Å². The molecule has 1 aliphatic heterocycles. The summed E-state index contributed by atoms with van der Waals surface area (Å²) in [5.74, 6) is -2.73. The summed E-state index contributed by atoms with van der Waals surface area (Å²) in [4.78, 5) is 71.7. The highest BCUT2D eigenvalue weighted by Gasteiger charge is 2.43. The first-order valence-electron chi connectivity index (χ1n) is 20.1. The zero-order chi connectivity index (χ0) is 41.8. The Morgan fingerprint density at radius 3 is 2.04 bits per heavy atom. The molecule has 0 radical (unpaired) electrons. The molecule has 1 saturated heterocycles. The van der Waals surface area contributed by atoms with Crippen LogP contribution in [0, 0.1) is 23.7 Å². The van der Waals surface area contributed by atoms with E-state index < -0.39 is 59.8 Å². The number of carbonyl (C=O) groups excluding carboxylic acids is 5. The van der Waals surface area contributed by atoms with Crippen LogP contribution in [0.1, 0.15) is 100 Å². The maximum atomic E-state index is 14.1. The third-order valence-electron chi connectivity index (χ3n) is 10.9. The van der Waals surface area contributed by atoms with E-state index in [9.17, 15) is 29.1 Å². The van der Waals surface area contributed by atoms with Crippen molar-refractivity contribution in [2.45, 2.75) is 149 Å². The standard InChI is InChI=1S/C42H72N6O7/c1-14-27(6)36(47(12)41(54)35(26(4)5)45-40(53)34(43-11)25(2)3)32(55-13)24-33(49)48-22-18-21-31(48)37(50)28(7)38(51)44-30(39(52)46-42(8,9)10)23-29-19-16-15-17-20-29/h15-17,19-20,25-28,30-32,34-37,43,50H,14,18,21-24H2,1-13H3,(H,44,51)(H,45,53)(H,46,52)/t27-,28+,30-,31-,32+,34-,35-,36-,37+/m0/s1. The second kappa shape index (κ2) is 21.7. The van der Waals surface area contributed by atoms with E-state index in [1.807, 2.05) is 92.6 Å². The van der Waals surface area contributed by atoms with Crippen molar-refractivity contribution in [1.82, 2.24) is 31.1 Å². The zero-order valence-electron chi connectivity index (χ0n) is 35.8. The van der Waals surface area contributed by atoms with Crippen molar-refractivity contribution in [3.8, 4) is 0 Å². The number of benzene rings is 1. The average Bonchev–Trinajstić information content (AvgIpc) is 3.62. The molecule has 0 unspecified atom stereocenters. The van der Waals surface area contributed by atoms with Crippen LogP contribution in [0.25, 0.3) is 0 Å². The van der Waals surface area contributed by atoms with Crippen LogP contribution in [-0.2, 0) is 35.1 Å². The summed E-state index contributed by atoms with van der Waals surface area (Å²) >= 11 is 0. The molecule has 1 fully saturated rings. The second-order valence-electron chi connectivity index (χ2n) is 17.1. The summed E-state index contributed by atoms with van der Waals surface area (Å²) in [6.45, 7) is 19.3. The highest BCUT2D eigenvalue weighted by Crippen LogP contribution is 2.28. The van der Waals surface area contributed by atoms with Gasteiger partial charge < -0.3 is 40.9 Å². The van der Waals surface area contributed by atoms with Gasteiger partial charge in [-0.05, 0) is 64.0 Å². The number of hydrogen-bond donors (Lipinski definition) is 5. The Bertz CT molecular complexity index is 1400. The Morgan fingerprint density at radius 1 is 0.927 bits per heavy atom. The number of ether oxygens (including phenoxy) is 1. The van der Waals surface area contributed by atoms with Crippen LogP contribution in [0.4, 0.5) is 0 Å². The Balaban J connectivity index is 2.26. The van der Waals surface area contributed by atoms with Gasteiger partial charge in [-0.3, -0.25) is 24.0 Å². The minimum absolute atomic E-state index is 0.0178. The minimum atomic E-state index is -1.19. The van der Waals surface area contributed by atoms with Crippen molar-refractivity contribution in [1.29, 1.82) is 0 Å². The van der Waals surface area contributed by atoms with Crippen LogP contribution in [0.15, 0.2) is 30.3 Å². The highest BCUT2D eigenvalue weighted by atomic mass is 16.5. The molecule has 5 N–H and O–H groups in total. The maximum Gasteiger partial charge on any atom is 0.245 e. The molecule has 0 aromatic heterocycles. The number of aliphatic hydroxyl groups excluding tert-OH is 1. The van der Waals surface area contributed by atoms with Gasteiger partial charge in [0.2, 0.25) is 29.5 Å². The van der Waals surface area contributed by atoms with Crippen LogP contribution >= 0.6 is 0 Å². The number of likely N-dealkylation sites (tertiary alicyclic amines) is 1. The third-order valence-corrected chi connectivity index (χ3v) is 10.9.